The van der Waals surface area contributed by atoms with Gasteiger partial charge in [0.1, 0.15) is 5.82 Å². The number of halogens is 1. The van der Waals surface area contributed by atoms with Crippen LogP contribution in [0.3, 0.4) is 0 Å². The molecular formula is C24H19FN4O4. The molecule has 0 spiro atoms. The molecule has 8 nitrogen and oxygen atoms in total. The molecule has 1 unspecified atom stereocenters. The highest BCUT2D eigenvalue weighted by atomic mass is 19.1. The zero-order valence-electron chi connectivity index (χ0n) is 17.7. The molecular weight excluding hydrogens is 427 g/mol. The third-order valence-electron chi connectivity index (χ3n) is 5.75. The van der Waals surface area contributed by atoms with Crippen molar-refractivity contribution in [2.24, 2.45) is 0 Å². The standard InChI is InChI=1S/C24H19FN4O4/c1-13-11-15(8-9-18(13)25)29-21(30)16-5-3-4-6-17(16)24(29,32)14-7-10-19-20(12-14)27-22(26-19)28-23(31)33-2/h3-12,32H,1-2H3,(H2,26,27,28,31). The van der Waals surface area contributed by atoms with Crippen molar-refractivity contribution in [3.63, 3.8) is 0 Å². The Hall–Kier alpha value is -4.24. The lowest BCUT2D eigenvalue weighted by Gasteiger charge is -2.35. The summed E-state index contributed by atoms with van der Waals surface area (Å²) in [4.78, 5) is 33.4. The molecule has 2 amide bonds. The zero-order valence-corrected chi connectivity index (χ0v) is 17.7. The van der Waals surface area contributed by atoms with Crippen LogP contribution in [0.5, 0.6) is 0 Å². The predicted molar refractivity (Wildman–Crippen MR) is 120 cm³/mol. The molecule has 0 saturated carbocycles. The fourth-order valence-electron chi connectivity index (χ4n) is 4.15. The van der Waals surface area contributed by atoms with Crippen molar-refractivity contribution in [1.82, 2.24) is 9.97 Å². The minimum absolute atomic E-state index is 0.176. The highest BCUT2D eigenvalue weighted by Gasteiger charge is 2.50. The highest BCUT2D eigenvalue weighted by Crippen LogP contribution is 2.45. The van der Waals surface area contributed by atoms with E-state index in [0.717, 1.165) is 0 Å². The maximum atomic E-state index is 13.9. The number of hydrogen-bond donors (Lipinski definition) is 3. The van der Waals surface area contributed by atoms with Crippen molar-refractivity contribution in [3.05, 3.63) is 88.7 Å². The molecule has 3 aromatic carbocycles. The Morgan fingerprint density at radius 2 is 1.97 bits per heavy atom. The van der Waals surface area contributed by atoms with Crippen molar-refractivity contribution < 1.29 is 23.8 Å². The van der Waals surface area contributed by atoms with Gasteiger partial charge in [0.15, 0.2) is 5.72 Å². The number of nitrogens with one attached hydrogen (secondary N) is 2. The first-order valence-electron chi connectivity index (χ1n) is 10.1. The molecule has 3 N–H and O–H groups in total. The minimum Gasteiger partial charge on any atom is -0.453 e. The van der Waals surface area contributed by atoms with Crippen LogP contribution in [0.1, 0.15) is 27.0 Å². The van der Waals surface area contributed by atoms with Gasteiger partial charge in [0.25, 0.3) is 5.91 Å². The van der Waals surface area contributed by atoms with Crippen molar-refractivity contribution in [1.29, 1.82) is 0 Å². The Morgan fingerprint density at radius 3 is 2.73 bits per heavy atom. The summed E-state index contributed by atoms with van der Waals surface area (Å²) >= 11 is 0. The van der Waals surface area contributed by atoms with Crippen LogP contribution >= 0.6 is 0 Å². The first-order valence-corrected chi connectivity index (χ1v) is 10.1. The first kappa shape index (κ1) is 20.7. The number of methoxy groups -OCH3 is 1. The topological polar surface area (TPSA) is 108 Å². The second kappa shape index (κ2) is 7.42. The second-order valence-corrected chi connectivity index (χ2v) is 7.73. The van der Waals surface area contributed by atoms with Crippen LogP contribution in [0, 0.1) is 12.7 Å². The Labute approximate surface area is 187 Å². The Bertz CT molecular complexity index is 1430. The molecule has 4 aromatic rings. The number of aromatic amines is 1. The van der Waals surface area contributed by atoms with Gasteiger partial charge in [-0.25, -0.2) is 14.2 Å². The molecule has 1 aliphatic rings. The van der Waals surface area contributed by atoms with Crippen molar-refractivity contribution in [2.45, 2.75) is 12.6 Å². The number of aromatic nitrogens is 2. The van der Waals surface area contributed by atoms with Crippen molar-refractivity contribution in [3.8, 4) is 0 Å². The number of ether oxygens (including phenoxy) is 1. The van der Waals surface area contributed by atoms with E-state index in [1.54, 1.807) is 49.4 Å². The predicted octanol–water partition coefficient (Wildman–Crippen LogP) is 4.04. The van der Waals surface area contributed by atoms with Gasteiger partial charge < -0.3 is 14.8 Å². The lowest BCUT2D eigenvalue weighted by Crippen LogP contribution is -2.45. The Kier molecular flexibility index (Phi) is 4.64. The van der Waals surface area contributed by atoms with Crippen LogP contribution < -0.4 is 10.2 Å². The van der Waals surface area contributed by atoms with Gasteiger partial charge in [0, 0.05) is 22.4 Å². The summed E-state index contributed by atoms with van der Waals surface area (Å²) < 4.78 is 18.5. The summed E-state index contributed by atoms with van der Waals surface area (Å²) in [5.41, 5.74) is 1.06. The van der Waals surface area contributed by atoms with Crippen LogP contribution in [-0.2, 0) is 10.5 Å². The molecule has 0 saturated heterocycles. The van der Waals surface area contributed by atoms with E-state index in [0.29, 0.717) is 39.0 Å². The SMILES string of the molecule is COC(=O)Nc1nc2ccc(C3(O)c4ccccc4C(=O)N3c3ccc(F)c(C)c3)cc2[nH]1. The molecule has 1 aromatic heterocycles. The number of hydrogen-bond acceptors (Lipinski definition) is 5. The van der Waals surface area contributed by atoms with E-state index in [-0.39, 0.29) is 5.95 Å². The summed E-state index contributed by atoms with van der Waals surface area (Å²) in [6.07, 6.45) is -0.680. The van der Waals surface area contributed by atoms with Gasteiger partial charge in [-0.1, -0.05) is 24.3 Å². The first-order chi connectivity index (χ1) is 15.8. The monoisotopic (exact) mass is 446 g/mol. The number of nitrogens with zero attached hydrogens (tertiary/aromatic N) is 2. The molecule has 9 heteroatoms. The normalized spacial score (nSPS) is 17.3. The highest BCUT2D eigenvalue weighted by molar-refractivity contribution is 6.12. The molecule has 1 aliphatic heterocycles. The number of amides is 2. The van der Waals surface area contributed by atoms with Gasteiger partial charge in [-0.05, 0) is 48.9 Å². The zero-order chi connectivity index (χ0) is 23.3. The van der Waals surface area contributed by atoms with E-state index >= 15 is 0 Å². The van der Waals surface area contributed by atoms with Gasteiger partial charge in [-0.3, -0.25) is 15.0 Å². The van der Waals surface area contributed by atoms with Crippen LogP contribution in [0.15, 0.2) is 60.7 Å². The third kappa shape index (κ3) is 3.13. The smallest absolute Gasteiger partial charge is 0.413 e. The number of aliphatic hydroxyl groups is 1. The van der Waals surface area contributed by atoms with E-state index in [4.69, 9.17) is 0 Å². The number of carbonyl (C=O) groups is 2. The number of imidazole rings is 1. The van der Waals surface area contributed by atoms with Gasteiger partial charge in [-0.15, -0.1) is 0 Å². The number of carbonyl (C=O) groups excluding carboxylic acids is 2. The minimum atomic E-state index is -1.85. The largest absolute Gasteiger partial charge is 0.453 e. The average molecular weight is 446 g/mol. The van der Waals surface area contributed by atoms with E-state index in [2.05, 4.69) is 20.0 Å². The Morgan fingerprint density at radius 1 is 1.18 bits per heavy atom. The van der Waals surface area contributed by atoms with Crippen LogP contribution in [0.2, 0.25) is 0 Å². The average Bonchev–Trinajstić information content (AvgIpc) is 3.32. The summed E-state index contributed by atoms with van der Waals surface area (Å²) in [5, 5.41) is 14.6. The van der Waals surface area contributed by atoms with E-state index in [1.165, 1.54) is 30.2 Å². The van der Waals surface area contributed by atoms with E-state index in [1.807, 2.05) is 0 Å². The lowest BCUT2D eigenvalue weighted by molar-refractivity contribution is 0.0704. The summed E-state index contributed by atoms with van der Waals surface area (Å²) in [5.74, 6) is -0.636. The quantitative estimate of drug-likeness (QED) is 0.440. The molecule has 33 heavy (non-hydrogen) atoms. The summed E-state index contributed by atoms with van der Waals surface area (Å²) in [7, 11) is 1.24. The molecule has 0 radical (unpaired) electrons. The number of anilines is 2. The fraction of sp³-hybridized carbons (Fsp3) is 0.125. The second-order valence-electron chi connectivity index (χ2n) is 7.73. The number of H-pyrrole nitrogens is 1. The van der Waals surface area contributed by atoms with E-state index in [9.17, 15) is 19.1 Å². The van der Waals surface area contributed by atoms with Gasteiger partial charge in [0.2, 0.25) is 5.95 Å². The van der Waals surface area contributed by atoms with Crippen molar-refractivity contribution >= 4 is 34.7 Å². The molecule has 1 atom stereocenters. The van der Waals surface area contributed by atoms with Gasteiger partial charge >= 0.3 is 6.09 Å². The summed E-state index contributed by atoms with van der Waals surface area (Å²) in [6.45, 7) is 1.60. The number of benzene rings is 3. The molecule has 2 heterocycles. The fourth-order valence-corrected chi connectivity index (χ4v) is 4.15. The van der Waals surface area contributed by atoms with E-state index < -0.39 is 23.5 Å². The Balaban J connectivity index is 1.68. The van der Waals surface area contributed by atoms with Crippen molar-refractivity contribution in [2.75, 3.05) is 17.3 Å². The molecule has 5 rings (SSSR count). The lowest BCUT2D eigenvalue weighted by atomic mass is 9.93. The van der Waals surface area contributed by atoms with Crippen LogP contribution in [0.4, 0.5) is 20.8 Å². The van der Waals surface area contributed by atoms with Gasteiger partial charge in [-0.2, -0.15) is 0 Å². The maximum Gasteiger partial charge on any atom is 0.413 e. The van der Waals surface area contributed by atoms with Crippen LogP contribution in [-0.4, -0.2) is 34.2 Å². The molecule has 0 bridgehead atoms. The molecule has 0 aliphatic carbocycles. The van der Waals surface area contributed by atoms with Crippen LogP contribution in [0.25, 0.3) is 11.0 Å². The number of aryl methyl sites for hydroxylation is 1. The van der Waals surface area contributed by atoms with Gasteiger partial charge in [0.05, 0.1) is 18.1 Å². The molecule has 166 valence electrons. The third-order valence-corrected chi connectivity index (χ3v) is 5.75. The number of fused-ring (bicyclic) bond motifs is 2. The summed E-state index contributed by atoms with van der Waals surface area (Å²) in [6, 6.07) is 16.0. The maximum absolute atomic E-state index is 13.9. The molecule has 0 fully saturated rings. The number of rotatable bonds is 3.